The van der Waals surface area contributed by atoms with Crippen molar-refractivity contribution >= 4 is 17.2 Å². The number of carbonyl (C=O) groups excluding carboxylic acids is 1. The van der Waals surface area contributed by atoms with E-state index in [2.05, 4.69) is 15.0 Å². The number of rotatable bonds is 5. The van der Waals surface area contributed by atoms with Crippen molar-refractivity contribution in [1.29, 1.82) is 0 Å². The Labute approximate surface area is 156 Å². The topological polar surface area (TPSA) is 77.4 Å². The summed E-state index contributed by atoms with van der Waals surface area (Å²) in [7, 11) is 0. The summed E-state index contributed by atoms with van der Waals surface area (Å²) in [6.45, 7) is 4.56. The van der Waals surface area contributed by atoms with Gasteiger partial charge in [-0.3, -0.25) is 4.79 Å². The molecule has 4 heterocycles. The fourth-order valence-corrected chi connectivity index (χ4v) is 4.28. The minimum absolute atomic E-state index is 0.00950. The van der Waals surface area contributed by atoms with Crippen LogP contribution in [-0.2, 0) is 4.74 Å². The lowest BCUT2D eigenvalue weighted by Crippen LogP contribution is -2.66. The van der Waals surface area contributed by atoms with Crippen molar-refractivity contribution < 1.29 is 14.3 Å². The molecule has 0 aliphatic carbocycles. The van der Waals surface area contributed by atoms with E-state index in [9.17, 15) is 4.79 Å². The number of carbonyl (C=O) groups is 1. The lowest BCUT2D eigenvalue weighted by Gasteiger charge is -2.53. The maximum atomic E-state index is 12.5. The van der Waals surface area contributed by atoms with Gasteiger partial charge in [-0.25, -0.2) is 15.0 Å². The van der Waals surface area contributed by atoms with Gasteiger partial charge >= 0.3 is 6.01 Å². The smallest absolute Gasteiger partial charge is 0.316 e. The van der Waals surface area contributed by atoms with Crippen LogP contribution in [0.2, 0.25) is 0 Å². The van der Waals surface area contributed by atoms with E-state index in [-0.39, 0.29) is 11.5 Å². The van der Waals surface area contributed by atoms with E-state index in [0.29, 0.717) is 37.3 Å². The number of aryl methyl sites for hydroxylation is 1. The first-order valence-electron chi connectivity index (χ1n) is 8.89. The molecule has 2 aliphatic heterocycles. The Hall–Kier alpha value is -2.06. The van der Waals surface area contributed by atoms with Crippen LogP contribution in [0.3, 0.4) is 0 Å². The molecule has 2 aliphatic rings. The summed E-state index contributed by atoms with van der Waals surface area (Å²) in [6.07, 6.45) is 6.29. The first-order valence-corrected chi connectivity index (χ1v) is 9.77. The van der Waals surface area contributed by atoms with Crippen LogP contribution in [0.1, 0.15) is 34.8 Å². The van der Waals surface area contributed by atoms with E-state index < -0.39 is 0 Å². The quantitative estimate of drug-likeness (QED) is 0.799. The van der Waals surface area contributed by atoms with Crippen molar-refractivity contribution in [2.24, 2.45) is 5.92 Å². The van der Waals surface area contributed by atoms with E-state index in [4.69, 9.17) is 9.47 Å². The Balaban J connectivity index is 1.26. The highest BCUT2D eigenvalue weighted by Crippen LogP contribution is 2.38. The molecule has 0 bridgehead atoms. The molecule has 1 amide bonds. The molecule has 2 aromatic heterocycles. The molecule has 0 saturated carbocycles. The van der Waals surface area contributed by atoms with Gasteiger partial charge in [0.2, 0.25) is 0 Å². The van der Waals surface area contributed by atoms with E-state index >= 15 is 0 Å². The number of ether oxygens (including phenoxy) is 2. The lowest BCUT2D eigenvalue weighted by molar-refractivity contribution is -0.166. The minimum atomic E-state index is -0.188. The van der Waals surface area contributed by atoms with Crippen molar-refractivity contribution in [2.45, 2.75) is 31.8 Å². The van der Waals surface area contributed by atoms with Crippen LogP contribution in [0.4, 0.5) is 0 Å². The molecule has 8 heteroatoms. The van der Waals surface area contributed by atoms with Crippen LogP contribution in [0.15, 0.2) is 23.8 Å². The third-order valence-electron chi connectivity index (χ3n) is 4.98. The Morgan fingerprint density at radius 2 is 2.23 bits per heavy atom. The van der Waals surface area contributed by atoms with Gasteiger partial charge in [-0.2, -0.15) is 0 Å². The molecule has 1 spiro atoms. The third kappa shape index (κ3) is 3.71. The predicted molar refractivity (Wildman–Crippen MR) is 96.3 cm³/mol. The number of likely N-dealkylation sites (tertiary alicyclic amines) is 1. The number of thiazole rings is 1. The number of hydrogen-bond donors (Lipinski definition) is 0. The van der Waals surface area contributed by atoms with Crippen LogP contribution >= 0.6 is 11.3 Å². The Morgan fingerprint density at radius 1 is 1.42 bits per heavy atom. The van der Waals surface area contributed by atoms with Crippen LogP contribution in [0.25, 0.3) is 0 Å². The Bertz CT molecular complexity index is 761. The molecule has 7 nitrogen and oxygen atoms in total. The number of nitrogens with zero attached hydrogens (tertiary/aromatic N) is 4. The monoisotopic (exact) mass is 374 g/mol. The van der Waals surface area contributed by atoms with E-state index in [1.54, 1.807) is 18.5 Å². The minimum Gasteiger partial charge on any atom is -0.463 e. The summed E-state index contributed by atoms with van der Waals surface area (Å²) in [5.74, 6) is 0.543. The maximum Gasteiger partial charge on any atom is 0.316 e. The Kier molecular flexibility index (Phi) is 4.86. The SMILES string of the molecule is Cc1nc(C(=O)N2CC3(C[C@@H](CCOc4ncccn4)CCO3)C2)cs1. The highest BCUT2D eigenvalue weighted by atomic mass is 32.1. The number of aromatic nitrogens is 3. The Morgan fingerprint density at radius 3 is 2.96 bits per heavy atom. The predicted octanol–water partition coefficient (Wildman–Crippen LogP) is 2.33. The second kappa shape index (κ2) is 7.28. The summed E-state index contributed by atoms with van der Waals surface area (Å²) in [4.78, 5) is 26.7. The van der Waals surface area contributed by atoms with Crippen molar-refractivity contribution in [3.63, 3.8) is 0 Å². The first kappa shape index (κ1) is 17.4. The van der Waals surface area contributed by atoms with Crippen molar-refractivity contribution in [3.8, 4) is 6.01 Å². The van der Waals surface area contributed by atoms with Gasteiger partial charge in [0.1, 0.15) is 11.3 Å². The van der Waals surface area contributed by atoms with Crippen LogP contribution in [0.5, 0.6) is 6.01 Å². The number of amides is 1. The van der Waals surface area contributed by atoms with Crippen LogP contribution in [0, 0.1) is 12.8 Å². The highest BCUT2D eigenvalue weighted by molar-refractivity contribution is 7.09. The normalized spacial score (nSPS) is 21.4. The van der Waals surface area contributed by atoms with E-state index in [0.717, 1.165) is 30.9 Å². The van der Waals surface area contributed by atoms with Gasteiger partial charge < -0.3 is 14.4 Å². The largest absolute Gasteiger partial charge is 0.463 e. The maximum absolute atomic E-state index is 12.5. The molecule has 0 radical (unpaired) electrons. The summed E-state index contributed by atoms with van der Waals surface area (Å²) < 4.78 is 11.7. The average molecular weight is 374 g/mol. The van der Waals surface area contributed by atoms with Gasteiger partial charge in [-0.15, -0.1) is 11.3 Å². The van der Waals surface area contributed by atoms with Gasteiger partial charge in [0.25, 0.3) is 5.91 Å². The molecule has 0 N–H and O–H groups in total. The zero-order chi connectivity index (χ0) is 18.0. The molecule has 2 aromatic rings. The van der Waals surface area contributed by atoms with Gasteiger partial charge in [0.05, 0.1) is 24.7 Å². The first-order chi connectivity index (χ1) is 12.6. The molecule has 2 fully saturated rings. The van der Waals surface area contributed by atoms with Gasteiger partial charge in [-0.05, 0) is 38.2 Å². The molecular weight excluding hydrogens is 352 g/mol. The second-order valence-electron chi connectivity index (χ2n) is 6.97. The fourth-order valence-electron chi connectivity index (χ4n) is 3.69. The number of hydrogen-bond acceptors (Lipinski definition) is 7. The van der Waals surface area contributed by atoms with E-state index in [1.165, 1.54) is 11.3 Å². The fraction of sp³-hybridized carbons (Fsp3) is 0.556. The van der Waals surface area contributed by atoms with Gasteiger partial charge in [-0.1, -0.05) is 0 Å². The van der Waals surface area contributed by atoms with Crippen molar-refractivity contribution in [1.82, 2.24) is 19.9 Å². The third-order valence-corrected chi connectivity index (χ3v) is 5.75. The summed E-state index contributed by atoms with van der Waals surface area (Å²) in [5.41, 5.74) is 0.360. The van der Waals surface area contributed by atoms with E-state index in [1.807, 2.05) is 17.2 Å². The molecule has 1 atom stereocenters. The molecule has 26 heavy (non-hydrogen) atoms. The van der Waals surface area contributed by atoms with Crippen LogP contribution in [-0.4, -0.2) is 57.7 Å². The summed E-state index contributed by atoms with van der Waals surface area (Å²) >= 11 is 1.51. The van der Waals surface area contributed by atoms with Gasteiger partial charge in [0, 0.05) is 24.4 Å². The molecule has 0 aromatic carbocycles. The standard InChI is InChI=1S/C18H22N4O3S/c1-13-21-15(10-26-13)16(23)22-11-18(12-22)9-14(4-8-25-18)3-7-24-17-19-5-2-6-20-17/h2,5-6,10,14H,3-4,7-9,11-12H2,1H3/t14-/m0/s1. The average Bonchev–Trinajstić information content (AvgIpc) is 3.07. The highest BCUT2D eigenvalue weighted by Gasteiger charge is 2.49. The molecular formula is C18H22N4O3S. The zero-order valence-electron chi connectivity index (χ0n) is 14.8. The summed E-state index contributed by atoms with van der Waals surface area (Å²) in [6, 6.07) is 2.19. The second-order valence-corrected chi connectivity index (χ2v) is 8.03. The zero-order valence-corrected chi connectivity index (χ0v) is 15.6. The molecule has 4 rings (SSSR count). The molecule has 2 saturated heterocycles. The van der Waals surface area contributed by atoms with Crippen LogP contribution < -0.4 is 4.74 Å². The van der Waals surface area contributed by atoms with Crippen molar-refractivity contribution in [3.05, 3.63) is 34.5 Å². The van der Waals surface area contributed by atoms with Gasteiger partial charge in [0.15, 0.2) is 0 Å². The van der Waals surface area contributed by atoms with Crippen molar-refractivity contribution in [2.75, 3.05) is 26.3 Å². The molecule has 0 unspecified atom stereocenters. The molecule has 138 valence electrons. The summed E-state index contributed by atoms with van der Waals surface area (Å²) in [5, 5.41) is 2.75. The lowest BCUT2D eigenvalue weighted by atomic mass is 9.79.